The molecule has 0 aromatic heterocycles. The average Bonchev–Trinajstić information content (AvgIpc) is 2.86. The van der Waals surface area contributed by atoms with Crippen molar-refractivity contribution in [2.75, 3.05) is 11.9 Å². The zero-order valence-corrected chi connectivity index (χ0v) is 24.2. The molecule has 0 spiro atoms. The summed E-state index contributed by atoms with van der Waals surface area (Å²) in [6, 6.07) is 9.98. The molecule has 0 aliphatic carbocycles. The van der Waals surface area contributed by atoms with Gasteiger partial charge in [-0.15, -0.1) is 6.42 Å². The van der Waals surface area contributed by atoms with Crippen molar-refractivity contribution in [3.8, 4) is 12.3 Å². The number of carbonyl (C=O) groups excluding carboxylic acids is 4. The van der Waals surface area contributed by atoms with Gasteiger partial charge in [0.25, 0.3) is 5.91 Å². The van der Waals surface area contributed by atoms with Crippen LogP contribution >= 0.6 is 0 Å². The van der Waals surface area contributed by atoms with Crippen LogP contribution in [0.25, 0.3) is 0 Å². The lowest BCUT2D eigenvalue weighted by molar-refractivity contribution is -0.142. The molecule has 40 heavy (non-hydrogen) atoms. The molecule has 0 saturated carbocycles. The summed E-state index contributed by atoms with van der Waals surface area (Å²) in [5.41, 5.74) is 7.81. The summed E-state index contributed by atoms with van der Waals surface area (Å²) in [7, 11) is 0. The fourth-order valence-corrected chi connectivity index (χ4v) is 4.27. The normalized spacial score (nSPS) is 12.4. The van der Waals surface area contributed by atoms with Gasteiger partial charge in [-0.1, -0.05) is 55.7 Å². The lowest BCUT2D eigenvalue weighted by atomic mass is 9.96. The highest BCUT2D eigenvalue weighted by atomic mass is 16.6. The fourth-order valence-electron chi connectivity index (χ4n) is 4.27. The van der Waals surface area contributed by atoms with Crippen molar-refractivity contribution in [3.63, 3.8) is 0 Å². The van der Waals surface area contributed by atoms with Gasteiger partial charge in [0, 0.05) is 17.8 Å². The third kappa shape index (κ3) is 8.87. The van der Waals surface area contributed by atoms with Gasteiger partial charge in [0.15, 0.2) is 0 Å². The number of hydrogen-bond acceptors (Lipinski definition) is 5. The number of unbranched alkanes of at least 4 members (excludes halogenated alkanes) is 1. The molecule has 2 rings (SSSR count). The number of primary amides is 1. The van der Waals surface area contributed by atoms with Gasteiger partial charge in [-0.25, -0.2) is 4.79 Å². The van der Waals surface area contributed by atoms with Crippen molar-refractivity contribution in [2.24, 2.45) is 5.73 Å². The largest absolute Gasteiger partial charge is 0.444 e. The van der Waals surface area contributed by atoms with Gasteiger partial charge in [0.2, 0.25) is 11.8 Å². The molecule has 2 aromatic carbocycles. The zero-order valence-electron chi connectivity index (χ0n) is 24.2. The number of nitrogens with two attached hydrogens (primary N) is 1. The maximum atomic E-state index is 14.1. The minimum atomic E-state index is -1.36. The topological polar surface area (TPSA) is 131 Å². The first-order chi connectivity index (χ1) is 18.8. The molecule has 9 nitrogen and oxygen atoms in total. The van der Waals surface area contributed by atoms with Gasteiger partial charge < -0.3 is 26.0 Å². The predicted octanol–water partition coefficient (Wildman–Crippen LogP) is 4.36. The maximum Gasteiger partial charge on any atom is 0.408 e. The number of nitrogens with zero attached hydrogens (tertiary/aromatic N) is 1. The number of hydrogen-bond donors (Lipinski definition) is 3. The number of alkyl carbamates (subject to hydrolysis) is 1. The molecule has 2 unspecified atom stereocenters. The van der Waals surface area contributed by atoms with Crippen molar-refractivity contribution in [1.82, 2.24) is 10.2 Å². The average molecular weight is 549 g/mol. The summed E-state index contributed by atoms with van der Waals surface area (Å²) in [6.45, 7) is 10.9. The Kier molecular flexibility index (Phi) is 11.3. The SMILES string of the molecule is C#Cc1ccccc1C(C(=O)Nc1c(C)cccc1C)N(CCCC)C(=O)C(CC(N)=O)NC(=O)OC(C)(C)C. The summed E-state index contributed by atoms with van der Waals surface area (Å²) >= 11 is 0. The second kappa shape index (κ2) is 14.2. The number of amides is 4. The molecule has 0 saturated heterocycles. The third-order valence-electron chi connectivity index (χ3n) is 6.13. The van der Waals surface area contributed by atoms with E-state index in [4.69, 9.17) is 16.9 Å². The molecule has 2 aromatic rings. The summed E-state index contributed by atoms with van der Waals surface area (Å²) in [4.78, 5) is 54.1. The molecule has 0 heterocycles. The van der Waals surface area contributed by atoms with Crippen LogP contribution in [0.4, 0.5) is 10.5 Å². The standard InChI is InChI=1S/C31H40N4O5/c1-8-10-18-35(29(38)24(19-25(32)36)33-30(39)40-31(5,6)7)27(23-17-12-11-16-22(23)9-2)28(37)34-26-20(3)14-13-15-21(26)4/h2,11-17,24,27H,8,10,18-19H2,1,3-7H3,(H2,32,36)(H,33,39)(H,34,37). The Labute approximate surface area is 236 Å². The van der Waals surface area contributed by atoms with E-state index < -0.39 is 47.9 Å². The van der Waals surface area contributed by atoms with Crippen molar-refractivity contribution < 1.29 is 23.9 Å². The van der Waals surface area contributed by atoms with Gasteiger partial charge in [-0.2, -0.15) is 0 Å². The Hall–Kier alpha value is -4.32. The molecule has 4 amide bonds. The van der Waals surface area contributed by atoms with E-state index in [0.717, 1.165) is 11.1 Å². The molecule has 9 heteroatoms. The first kappa shape index (κ1) is 31.9. The van der Waals surface area contributed by atoms with E-state index in [2.05, 4.69) is 16.6 Å². The number of aryl methyl sites for hydroxylation is 2. The van der Waals surface area contributed by atoms with Crippen LogP contribution in [-0.2, 0) is 19.1 Å². The minimum absolute atomic E-state index is 0.157. The maximum absolute atomic E-state index is 14.1. The number of benzene rings is 2. The van der Waals surface area contributed by atoms with E-state index in [-0.39, 0.29) is 6.54 Å². The van der Waals surface area contributed by atoms with E-state index in [1.165, 1.54) is 4.90 Å². The molecular weight excluding hydrogens is 508 g/mol. The Morgan fingerprint density at radius 1 is 1.05 bits per heavy atom. The van der Waals surface area contributed by atoms with Crippen molar-refractivity contribution >= 4 is 29.5 Å². The van der Waals surface area contributed by atoms with E-state index in [1.54, 1.807) is 45.0 Å². The Balaban J connectivity index is 2.64. The molecule has 0 radical (unpaired) electrons. The second-order valence-electron chi connectivity index (χ2n) is 10.6. The highest BCUT2D eigenvalue weighted by Crippen LogP contribution is 2.29. The molecule has 4 N–H and O–H groups in total. The lowest BCUT2D eigenvalue weighted by Gasteiger charge is -2.35. The molecule has 214 valence electrons. The van der Waals surface area contributed by atoms with Crippen LogP contribution in [-0.4, -0.2) is 46.9 Å². The first-order valence-electron chi connectivity index (χ1n) is 13.3. The summed E-state index contributed by atoms with van der Waals surface area (Å²) in [6.07, 6.45) is 5.69. The monoisotopic (exact) mass is 548 g/mol. The van der Waals surface area contributed by atoms with Gasteiger partial charge in [0.05, 0.1) is 6.42 Å². The highest BCUT2D eigenvalue weighted by Gasteiger charge is 2.37. The number of nitrogens with one attached hydrogen (secondary N) is 2. The second-order valence-corrected chi connectivity index (χ2v) is 10.6. The predicted molar refractivity (Wildman–Crippen MR) is 155 cm³/mol. The fraction of sp³-hybridized carbons (Fsp3) is 0.419. The van der Waals surface area contributed by atoms with E-state index >= 15 is 0 Å². The highest BCUT2D eigenvalue weighted by molar-refractivity contribution is 6.00. The van der Waals surface area contributed by atoms with Crippen molar-refractivity contribution in [3.05, 3.63) is 64.7 Å². The summed E-state index contributed by atoms with van der Waals surface area (Å²) in [5, 5.41) is 5.46. The van der Waals surface area contributed by atoms with Crippen LogP contribution in [0.2, 0.25) is 0 Å². The third-order valence-corrected chi connectivity index (χ3v) is 6.13. The lowest BCUT2D eigenvalue weighted by Crippen LogP contribution is -2.53. The zero-order chi connectivity index (χ0) is 30.0. The van der Waals surface area contributed by atoms with E-state index in [9.17, 15) is 19.2 Å². The molecule has 0 aliphatic heterocycles. The number of carbonyl (C=O) groups is 4. The number of para-hydroxylation sites is 1. The van der Waals surface area contributed by atoms with Crippen molar-refractivity contribution in [2.45, 2.75) is 78.5 Å². The van der Waals surface area contributed by atoms with Gasteiger partial charge in [-0.3, -0.25) is 14.4 Å². The Morgan fingerprint density at radius 3 is 2.23 bits per heavy atom. The molecule has 0 aliphatic rings. The number of rotatable bonds is 11. The Bertz CT molecular complexity index is 1250. The van der Waals surface area contributed by atoms with Crippen LogP contribution in [0, 0.1) is 26.2 Å². The quantitative estimate of drug-likeness (QED) is 0.359. The number of terminal acetylenes is 1. The smallest absolute Gasteiger partial charge is 0.408 e. The van der Waals surface area contributed by atoms with Gasteiger partial charge in [0.1, 0.15) is 17.7 Å². The molecule has 2 atom stereocenters. The number of ether oxygens (including phenoxy) is 1. The first-order valence-corrected chi connectivity index (χ1v) is 13.3. The van der Waals surface area contributed by atoms with Gasteiger partial charge >= 0.3 is 6.09 Å². The van der Waals surface area contributed by atoms with Crippen LogP contribution < -0.4 is 16.4 Å². The van der Waals surface area contributed by atoms with Crippen LogP contribution in [0.1, 0.15) is 75.3 Å². The number of anilines is 1. The molecule has 0 bridgehead atoms. The van der Waals surface area contributed by atoms with Gasteiger partial charge in [-0.05, 0) is 63.8 Å². The van der Waals surface area contributed by atoms with Crippen LogP contribution in [0.15, 0.2) is 42.5 Å². The van der Waals surface area contributed by atoms with Crippen LogP contribution in [0.3, 0.4) is 0 Å². The van der Waals surface area contributed by atoms with Crippen LogP contribution in [0.5, 0.6) is 0 Å². The van der Waals surface area contributed by atoms with E-state index in [0.29, 0.717) is 29.7 Å². The summed E-state index contributed by atoms with van der Waals surface area (Å²) in [5.74, 6) is 0.657. The Morgan fingerprint density at radius 2 is 1.68 bits per heavy atom. The minimum Gasteiger partial charge on any atom is -0.444 e. The molecule has 0 fully saturated rings. The molecular formula is C31H40N4O5. The van der Waals surface area contributed by atoms with E-state index in [1.807, 2.05) is 39.0 Å². The van der Waals surface area contributed by atoms with Crippen molar-refractivity contribution in [1.29, 1.82) is 0 Å². The summed E-state index contributed by atoms with van der Waals surface area (Å²) < 4.78 is 5.32.